The first-order valence-corrected chi connectivity index (χ1v) is 5.13. The number of aromatic nitrogens is 6. The van der Waals surface area contributed by atoms with Gasteiger partial charge in [-0.3, -0.25) is 9.78 Å². The number of nitrogens with one attached hydrogen (secondary N) is 1. The zero-order valence-corrected chi connectivity index (χ0v) is 9.36. The molecule has 0 bridgehead atoms. The Labute approximate surface area is 99.6 Å². The van der Waals surface area contributed by atoms with E-state index in [-0.39, 0.29) is 0 Å². The molecule has 0 aliphatic heterocycles. The van der Waals surface area contributed by atoms with Crippen LogP contribution in [0.25, 0.3) is 11.2 Å². The molecule has 3 heterocycles. The Kier molecular flexibility index (Phi) is 2.09. The second kappa shape index (κ2) is 3.62. The molecule has 0 saturated carbocycles. The summed E-state index contributed by atoms with van der Waals surface area (Å²) in [6.45, 7) is 1.61. The van der Waals surface area contributed by atoms with Gasteiger partial charge in [0.2, 0.25) is 0 Å². The van der Waals surface area contributed by atoms with Crippen molar-refractivity contribution < 1.29 is 0 Å². The lowest BCUT2D eigenvalue weighted by Gasteiger charge is -2.06. The van der Waals surface area contributed by atoms with E-state index < -0.39 is 11.2 Å². The average Bonchev–Trinajstić information content (AvgIpc) is 2.78. The van der Waals surface area contributed by atoms with Gasteiger partial charge in [0.05, 0.1) is 6.20 Å². The van der Waals surface area contributed by atoms with E-state index in [1.165, 1.54) is 28.2 Å². The van der Waals surface area contributed by atoms with Crippen LogP contribution in [0, 0.1) is 6.92 Å². The van der Waals surface area contributed by atoms with Crippen molar-refractivity contribution in [2.24, 2.45) is 0 Å². The lowest BCUT2D eigenvalue weighted by molar-refractivity contribution is 0.615. The van der Waals surface area contributed by atoms with Crippen molar-refractivity contribution in [1.29, 1.82) is 0 Å². The van der Waals surface area contributed by atoms with E-state index in [0.29, 0.717) is 16.7 Å². The van der Waals surface area contributed by atoms with Crippen molar-refractivity contribution >= 4 is 11.2 Å². The second-order valence-electron chi connectivity index (χ2n) is 3.74. The number of aromatic amines is 1. The van der Waals surface area contributed by atoms with Crippen LogP contribution in [0.1, 0.15) is 5.56 Å². The van der Waals surface area contributed by atoms with Gasteiger partial charge in [0.1, 0.15) is 18.2 Å². The quantitative estimate of drug-likeness (QED) is 0.610. The van der Waals surface area contributed by atoms with Crippen molar-refractivity contribution in [1.82, 2.24) is 29.3 Å². The van der Waals surface area contributed by atoms with Crippen LogP contribution in [0.3, 0.4) is 0 Å². The summed E-state index contributed by atoms with van der Waals surface area (Å²) in [4.78, 5) is 37.2. The fourth-order valence-corrected chi connectivity index (χ4v) is 1.63. The van der Waals surface area contributed by atoms with Gasteiger partial charge in [-0.1, -0.05) is 0 Å². The van der Waals surface area contributed by atoms with Gasteiger partial charge in [-0.15, -0.1) is 0 Å². The fraction of sp³-hybridized carbons (Fsp3) is 0.100. The molecule has 0 aliphatic carbocycles. The predicted molar refractivity (Wildman–Crippen MR) is 62.2 cm³/mol. The van der Waals surface area contributed by atoms with Gasteiger partial charge in [-0.2, -0.15) is 0 Å². The van der Waals surface area contributed by atoms with Gasteiger partial charge < -0.3 is 0 Å². The fourth-order valence-electron chi connectivity index (χ4n) is 1.63. The summed E-state index contributed by atoms with van der Waals surface area (Å²) in [5.41, 5.74) is 0.510. The standard InChI is InChI=1S/C10H8N6O2/c1-6-3-15(10(18)14-9(6)17)16-5-13-7-2-11-4-12-8(7)16/h2-5H,1H3,(H,14,17,18). The Hall–Kier alpha value is -2.77. The lowest BCUT2D eigenvalue weighted by atomic mass is 10.4. The van der Waals surface area contributed by atoms with Gasteiger partial charge in [0.25, 0.3) is 5.56 Å². The Morgan fingerprint density at radius 1 is 1.22 bits per heavy atom. The van der Waals surface area contributed by atoms with Crippen molar-refractivity contribution in [3.05, 3.63) is 51.4 Å². The summed E-state index contributed by atoms with van der Waals surface area (Å²) in [6.07, 6.45) is 5.79. The molecule has 0 atom stereocenters. The first kappa shape index (κ1) is 10.4. The molecule has 0 aromatic carbocycles. The topological polar surface area (TPSA) is 98.5 Å². The number of hydrogen-bond donors (Lipinski definition) is 1. The molecule has 0 aliphatic rings. The number of H-pyrrole nitrogens is 1. The highest BCUT2D eigenvalue weighted by Crippen LogP contribution is 2.06. The molecule has 8 heteroatoms. The van der Waals surface area contributed by atoms with Crippen LogP contribution < -0.4 is 11.2 Å². The van der Waals surface area contributed by atoms with E-state index in [1.807, 2.05) is 0 Å². The Morgan fingerprint density at radius 3 is 2.89 bits per heavy atom. The molecule has 90 valence electrons. The van der Waals surface area contributed by atoms with Gasteiger partial charge in [0.15, 0.2) is 5.65 Å². The van der Waals surface area contributed by atoms with Crippen LogP contribution in [0.4, 0.5) is 0 Å². The number of aryl methyl sites for hydroxylation is 1. The normalized spacial score (nSPS) is 10.9. The maximum atomic E-state index is 11.7. The average molecular weight is 244 g/mol. The highest BCUT2D eigenvalue weighted by Gasteiger charge is 2.08. The molecule has 0 saturated heterocycles. The Balaban J connectivity index is 2.36. The summed E-state index contributed by atoms with van der Waals surface area (Å²) in [5, 5.41) is 0. The molecule has 18 heavy (non-hydrogen) atoms. The van der Waals surface area contributed by atoms with E-state index in [4.69, 9.17) is 0 Å². The summed E-state index contributed by atoms with van der Waals surface area (Å²) in [5.74, 6) is 0. The molecule has 3 aromatic heterocycles. The molecule has 0 unspecified atom stereocenters. The monoisotopic (exact) mass is 244 g/mol. The van der Waals surface area contributed by atoms with Gasteiger partial charge in [-0.25, -0.2) is 29.1 Å². The van der Waals surface area contributed by atoms with Gasteiger partial charge in [-0.05, 0) is 6.92 Å². The van der Waals surface area contributed by atoms with Crippen molar-refractivity contribution in [2.45, 2.75) is 6.92 Å². The van der Waals surface area contributed by atoms with Crippen molar-refractivity contribution in [3.63, 3.8) is 0 Å². The van der Waals surface area contributed by atoms with E-state index in [9.17, 15) is 9.59 Å². The van der Waals surface area contributed by atoms with Crippen LogP contribution in [-0.2, 0) is 0 Å². The molecule has 1 N–H and O–H groups in total. The molecule has 3 rings (SSSR count). The Morgan fingerprint density at radius 2 is 2.06 bits per heavy atom. The maximum absolute atomic E-state index is 11.7. The molecular weight excluding hydrogens is 236 g/mol. The third kappa shape index (κ3) is 1.43. The molecule has 0 radical (unpaired) electrons. The zero-order valence-electron chi connectivity index (χ0n) is 9.36. The molecule has 0 fully saturated rings. The largest absolute Gasteiger partial charge is 0.347 e. The first-order chi connectivity index (χ1) is 8.66. The molecular formula is C10H8N6O2. The van der Waals surface area contributed by atoms with E-state index in [0.717, 1.165) is 0 Å². The molecule has 0 spiro atoms. The zero-order chi connectivity index (χ0) is 12.7. The number of nitrogens with zero attached hydrogens (tertiary/aromatic N) is 5. The SMILES string of the molecule is Cc1cn(-n2cnc3cncnc32)c(=O)[nH]c1=O. The second-order valence-corrected chi connectivity index (χ2v) is 3.74. The van der Waals surface area contributed by atoms with Crippen molar-refractivity contribution in [3.8, 4) is 0 Å². The van der Waals surface area contributed by atoms with Crippen LogP contribution in [-0.4, -0.2) is 29.3 Å². The minimum atomic E-state index is -0.552. The Bertz CT molecular complexity index is 843. The van der Waals surface area contributed by atoms with Crippen molar-refractivity contribution in [2.75, 3.05) is 0 Å². The van der Waals surface area contributed by atoms with Gasteiger partial charge in [0, 0.05) is 11.8 Å². The van der Waals surface area contributed by atoms with Crippen LogP contribution in [0.15, 0.2) is 34.6 Å². The number of fused-ring (bicyclic) bond motifs is 1. The number of imidazole rings is 1. The number of hydrogen-bond acceptors (Lipinski definition) is 5. The smallest absolute Gasteiger partial charge is 0.272 e. The summed E-state index contributed by atoms with van der Waals surface area (Å²) in [7, 11) is 0. The minimum absolute atomic E-state index is 0.407. The summed E-state index contributed by atoms with van der Waals surface area (Å²) in [6, 6.07) is 0. The van der Waals surface area contributed by atoms with E-state index in [1.54, 1.807) is 13.1 Å². The van der Waals surface area contributed by atoms with E-state index >= 15 is 0 Å². The maximum Gasteiger partial charge on any atom is 0.347 e. The van der Waals surface area contributed by atoms with Crippen LogP contribution in [0.2, 0.25) is 0 Å². The predicted octanol–water partition coefficient (Wildman–Crippen LogP) is -0.704. The number of rotatable bonds is 1. The third-order valence-corrected chi connectivity index (χ3v) is 2.53. The molecule has 3 aromatic rings. The van der Waals surface area contributed by atoms with Crippen LogP contribution >= 0.6 is 0 Å². The van der Waals surface area contributed by atoms with E-state index in [2.05, 4.69) is 19.9 Å². The molecule has 0 amide bonds. The first-order valence-electron chi connectivity index (χ1n) is 5.13. The summed E-state index contributed by atoms with van der Waals surface area (Å²) < 4.78 is 2.68. The highest BCUT2D eigenvalue weighted by atomic mass is 16.2. The van der Waals surface area contributed by atoms with Gasteiger partial charge >= 0.3 is 5.69 Å². The highest BCUT2D eigenvalue weighted by molar-refractivity contribution is 5.68. The third-order valence-electron chi connectivity index (χ3n) is 2.53. The summed E-state index contributed by atoms with van der Waals surface area (Å²) >= 11 is 0. The molecule has 8 nitrogen and oxygen atoms in total. The van der Waals surface area contributed by atoms with Crippen LogP contribution in [0.5, 0.6) is 0 Å². The minimum Gasteiger partial charge on any atom is -0.272 e. The lowest BCUT2D eigenvalue weighted by Crippen LogP contribution is -2.34.